The van der Waals surface area contributed by atoms with Crippen molar-refractivity contribution >= 4 is 33.5 Å². The van der Waals surface area contributed by atoms with Gasteiger partial charge in [-0.15, -0.1) is 5.10 Å². The Morgan fingerprint density at radius 3 is 2.80 bits per heavy atom. The van der Waals surface area contributed by atoms with Gasteiger partial charge in [-0.1, -0.05) is 11.6 Å². The third-order valence-electron chi connectivity index (χ3n) is 3.48. The first-order valence-electron chi connectivity index (χ1n) is 6.52. The Labute approximate surface area is 130 Å². The zero-order valence-corrected chi connectivity index (χ0v) is 13.2. The molecule has 0 amide bonds. The Morgan fingerprint density at radius 2 is 2.10 bits per heavy atom. The summed E-state index contributed by atoms with van der Waals surface area (Å²) in [5.74, 6) is 1.46. The van der Waals surface area contributed by atoms with E-state index >= 15 is 0 Å². The number of hydrogen-bond donors (Lipinski definition) is 2. The summed E-state index contributed by atoms with van der Waals surface area (Å²) in [6.07, 6.45) is 1.96. The fourth-order valence-electron chi connectivity index (χ4n) is 2.30. The number of aromatic nitrogens is 3. The number of nitrogens with one attached hydrogen (secondary N) is 1. The summed E-state index contributed by atoms with van der Waals surface area (Å²) in [6, 6.07) is 5.90. The Hall–Kier alpha value is -1.11. The van der Waals surface area contributed by atoms with Gasteiger partial charge in [0.05, 0.1) is 0 Å². The minimum atomic E-state index is 0.301. The van der Waals surface area contributed by atoms with Crippen LogP contribution in [0.25, 0.3) is 11.4 Å². The maximum atomic E-state index is 5.95. The van der Waals surface area contributed by atoms with Crippen LogP contribution in [0.2, 0.25) is 5.02 Å². The third-order valence-corrected chi connectivity index (χ3v) is 4.37. The smallest absolute Gasteiger partial charge is 0.245 e. The second-order valence-corrected chi connectivity index (χ2v) is 6.22. The predicted octanol–water partition coefficient (Wildman–Crippen LogP) is 2.82. The molecule has 1 aliphatic heterocycles. The van der Waals surface area contributed by atoms with Gasteiger partial charge >= 0.3 is 0 Å². The minimum Gasteiger partial charge on any atom is -0.339 e. The number of anilines is 1. The monoisotopic (exact) mass is 355 g/mol. The average molecular weight is 357 g/mol. The molecular weight excluding hydrogens is 342 g/mol. The van der Waals surface area contributed by atoms with Crippen molar-refractivity contribution in [2.45, 2.75) is 18.9 Å². The van der Waals surface area contributed by atoms with Gasteiger partial charge in [-0.2, -0.15) is 4.98 Å². The highest BCUT2D eigenvalue weighted by Gasteiger charge is 2.20. The summed E-state index contributed by atoms with van der Waals surface area (Å²) in [5, 5.41) is 7.97. The molecule has 1 saturated heterocycles. The summed E-state index contributed by atoms with van der Waals surface area (Å²) in [5.41, 5.74) is 6.86. The Bertz CT molecular complexity index is 607. The molecule has 0 unspecified atom stereocenters. The van der Waals surface area contributed by atoms with Gasteiger partial charge in [-0.25, -0.2) is 0 Å². The number of piperidine rings is 1. The van der Waals surface area contributed by atoms with Crippen molar-refractivity contribution in [1.82, 2.24) is 15.2 Å². The highest BCUT2D eigenvalue weighted by molar-refractivity contribution is 9.10. The van der Waals surface area contributed by atoms with Gasteiger partial charge in [0.15, 0.2) is 5.82 Å². The van der Waals surface area contributed by atoms with Crippen LogP contribution in [0.15, 0.2) is 22.7 Å². The fourth-order valence-corrected chi connectivity index (χ4v) is 3.17. The van der Waals surface area contributed by atoms with Crippen molar-refractivity contribution < 1.29 is 0 Å². The minimum absolute atomic E-state index is 0.301. The molecule has 2 aromatic rings. The molecule has 3 rings (SSSR count). The summed E-state index contributed by atoms with van der Waals surface area (Å²) in [6.45, 7) is 1.81. The number of nitrogens with zero attached hydrogens (tertiary/aromatic N) is 3. The van der Waals surface area contributed by atoms with Crippen LogP contribution in [0, 0.1) is 0 Å². The molecule has 3 N–H and O–H groups in total. The van der Waals surface area contributed by atoms with Crippen molar-refractivity contribution in [3.8, 4) is 11.4 Å². The van der Waals surface area contributed by atoms with Crippen LogP contribution in [-0.4, -0.2) is 34.3 Å². The molecule has 1 aromatic heterocycles. The van der Waals surface area contributed by atoms with Crippen molar-refractivity contribution in [3.05, 3.63) is 27.7 Å². The van der Waals surface area contributed by atoms with Gasteiger partial charge in [0.25, 0.3) is 0 Å². The van der Waals surface area contributed by atoms with Gasteiger partial charge in [-0.05, 0) is 47.0 Å². The molecule has 1 aliphatic rings. The topological polar surface area (TPSA) is 70.8 Å². The quantitative estimate of drug-likeness (QED) is 0.868. The Balaban J connectivity index is 1.83. The molecular formula is C13H15BrClN5. The number of nitrogens with two attached hydrogens (primary N) is 1. The van der Waals surface area contributed by atoms with Crippen molar-refractivity contribution in [2.75, 3.05) is 18.0 Å². The average Bonchev–Trinajstić information content (AvgIpc) is 2.89. The highest BCUT2D eigenvalue weighted by Crippen LogP contribution is 2.29. The van der Waals surface area contributed by atoms with E-state index in [2.05, 4.69) is 36.0 Å². The van der Waals surface area contributed by atoms with Gasteiger partial charge in [0, 0.05) is 34.2 Å². The summed E-state index contributed by atoms with van der Waals surface area (Å²) >= 11 is 9.44. The lowest BCUT2D eigenvalue weighted by Crippen LogP contribution is -2.40. The van der Waals surface area contributed by atoms with Crippen LogP contribution in [0.4, 0.5) is 5.95 Å². The van der Waals surface area contributed by atoms with Gasteiger partial charge in [0.2, 0.25) is 5.95 Å². The van der Waals surface area contributed by atoms with Gasteiger partial charge in [0.1, 0.15) is 0 Å². The number of rotatable bonds is 2. The van der Waals surface area contributed by atoms with Crippen LogP contribution in [-0.2, 0) is 0 Å². The summed E-state index contributed by atoms with van der Waals surface area (Å²) in [7, 11) is 0. The van der Waals surface area contributed by atoms with Gasteiger partial charge in [-0.3, -0.25) is 5.10 Å². The fraction of sp³-hybridized carbons (Fsp3) is 0.385. The summed E-state index contributed by atoms with van der Waals surface area (Å²) in [4.78, 5) is 6.72. The first-order chi connectivity index (χ1) is 9.63. The molecule has 20 heavy (non-hydrogen) atoms. The zero-order chi connectivity index (χ0) is 14.1. The van der Waals surface area contributed by atoms with E-state index in [9.17, 15) is 0 Å². The van der Waals surface area contributed by atoms with E-state index in [0.29, 0.717) is 11.1 Å². The van der Waals surface area contributed by atoms with E-state index in [1.54, 1.807) is 0 Å². The summed E-state index contributed by atoms with van der Waals surface area (Å²) < 4.78 is 0.897. The molecule has 106 valence electrons. The predicted molar refractivity (Wildman–Crippen MR) is 84.0 cm³/mol. The van der Waals surface area contributed by atoms with E-state index in [4.69, 9.17) is 17.3 Å². The maximum absolute atomic E-state index is 5.95. The zero-order valence-electron chi connectivity index (χ0n) is 10.8. The van der Waals surface area contributed by atoms with E-state index in [-0.39, 0.29) is 0 Å². The van der Waals surface area contributed by atoms with E-state index < -0.39 is 0 Å². The molecule has 0 aliphatic carbocycles. The number of H-pyrrole nitrogens is 1. The van der Waals surface area contributed by atoms with Crippen molar-refractivity contribution in [2.24, 2.45) is 5.73 Å². The first kappa shape index (κ1) is 13.9. The van der Waals surface area contributed by atoms with Gasteiger partial charge < -0.3 is 10.6 Å². The Kier molecular flexibility index (Phi) is 3.96. The molecule has 7 heteroatoms. The molecule has 1 aromatic carbocycles. The van der Waals surface area contributed by atoms with Crippen molar-refractivity contribution in [1.29, 1.82) is 0 Å². The van der Waals surface area contributed by atoms with E-state index in [1.165, 1.54) is 0 Å². The van der Waals surface area contributed by atoms with Crippen LogP contribution in [0.1, 0.15) is 12.8 Å². The van der Waals surface area contributed by atoms with Crippen LogP contribution in [0.5, 0.6) is 0 Å². The molecule has 5 nitrogen and oxygen atoms in total. The van der Waals surface area contributed by atoms with Crippen LogP contribution in [0.3, 0.4) is 0 Å². The number of halogens is 2. The molecule has 0 spiro atoms. The third kappa shape index (κ3) is 2.82. The van der Waals surface area contributed by atoms with Crippen molar-refractivity contribution in [3.63, 3.8) is 0 Å². The second kappa shape index (κ2) is 5.71. The molecule has 1 fully saturated rings. The van der Waals surface area contributed by atoms with Crippen LogP contribution < -0.4 is 10.6 Å². The SMILES string of the molecule is NC1CCN(c2n[nH]c(-c3ccc(Cl)cc3Br)n2)CC1. The molecule has 0 bridgehead atoms. The lowest BCUT2D eigenvalue weighted by Gasteiger charge is -2.28. The molecule has 0 atom stereocenters. The first-order valence-corrected chi connectivity index (χ1v) is 7.69. The number of aromatic amines is 1. The number of benzene rings is 1. The largest absolute Gasteiger partial charge is 0.339 e. The molecule has 0 radical (unpaired) electrons. The van der Waals surface area contributed by atoms with Crippen LogP contribution >= 0.6 is 27.5 Å². The van der Waals surface area contributed by atoms with E-state index in [0.717, 1.165) is 47.7 Å². The molecule has 0 saturated carbocycles. The molecule has 2 heterocycles. The lowest BCUT2D eigenvalue weighted by atomic mass is 10.1. The highest BCUT2D eigenvalue weighted by atomic mass is 79.9. The standard InChI is InChI=1S/C13H15BrClN5/c14-11-7-8(15)1-2-10(11)12-17-13(19-18-12)20-5-3-9(16)4-6-20/h1-2,7,9H,3-6,16H2,(H,17,18,19). The Morgan fingerprint density at radius 1 is 1.35 bits per heavy atom. The second-order valence-electron chi connectivity index (χ2n) is 4.93. The number of hydrogen-bond acceptors (Lipinski definition) is 4. The normalized spacial score (nSPS) is 16.6. The maximum Gasteiger partial charge on any atom is 0.245 e. The lowest BCUT2D eigenvalue weighted by molar-refractivity contribution is 0.496. The van der Waals surface area contributed by atoms with E-state index in [1.807, 2.05) is 18.2 Å².